The average Bonchev–Trinajstić information content (AvgIpc) is 3.50. The van der Waals surface area contributed by atoms with Gasteiger partial charge in [-0.25, -0.2) is 13.2 Å². The van der Waals surface area contributed by atoms with Gasteiger partial charge in [-0.3, -0.25) is 9.79 Å². The molecule has 1 heterocycles. The number of rotatable bonds is 13. The van der Waals surface area contributed by atoms with Gasteiger partial charge in [0.05, 0.1) is 25.7 Å². The van der Waals surface area contributed by atoms with Gasteiger partial charge in [-0.1, -0.05) is 24.3 Å². The lowest BCUT2D eigenvalue weighted by atomic mass is 10.1. The minimum Gasteiger partial charge on any atom is -0.493 e. The van der Waals surface area contributed by atoms with E-state index in [1.807, 2.05) is 0 Å². The van der Waals surface area contributed by atoms with Gasteiger partial charge in [-0.2, -0.15) is 13.2 Å². The second-order valence-electron chi connectivity index (χ2n) is 9.10. The summed E-state index contributed by atoms with van der Waals surface area (Å²) < 4.78 is 67.2. The summed E-state index contributed by atoms with van der Waals surface area (Å²) in [6, 6.07) is 12.7. The Morgan fingerprint density at radius 1 is 1.10 bits per heavy atom. The molecule has 2 aromatic carbocycles. The number of aliphatic carboxylic acids is 1. The van der Waals surface area contributed by atoms with Crippen LogP contribution in [-0.2, 0) is 25.8 Å². The zero-order valence-electron chi connectivity index (χ0n) is 23.5. The first-order valence-corrected chi connectivity index (χ1v) is 14.5. The number of likely N-dealkylation sites (N-methyl/N-ethyl adjacent to an activating group) is 1. The fourth-order valence-electron chi connectivity index (χ4n) is 3.70. The molecule has 0 bridgehead atoms. The number of nitrogens with one attached hydrogen (secondary N) is 2. The van der Waals surface area contributed by atoms with Crippen LogP contribution < -0.4 is 20.1 Å². The average molecular weight is 617 g/mol. The monoisotopic (exact) mass is 616 g/mol. The molecule has 3 N–H and O–H groups in total. The number of hydrogen-bond donors (Lipinski definition) is 3. The van der Waals surface area contributed by atoms with Crippen molar-refractivity contribution in [3.05, 3.63) is 53.6 Å². The molecule has 1 aliphatic rings. The van der Waals surface area contributed by atoms with Crippen LogP contribution in [0.5, 0.6) is 11.5 Å². The number of benzene rings is 2. The van der Waals surface area contributed by atoms with Gasteiger partial charge in [0.25, 0.3) is 0 Å². The van der Waals surface area contributed by atoms with Crippen LogP contribution in [0.15, 0.2) is 52.4 Å². The lowest BCUT2D eigenvalue weighted by molar-refractivity contribution is -0.192. The number of ether oxygens (including phenoxy) is 2. The summed E-state index contributed by atoms with van der Waals surface area (Å²) in [5, 5.41) is 13.3. The number of alkyl halides is 3. The van der Waals surface area contributed by atoms with Gasteiger partial charge in [0.15, 0.2) is 21.3 Å². The third-order valence-corrected chi connectivity index (χ3v) is 7.61. The standard InChI is InChI=1S/C25H34N4O5S.C2HF3O2/c1-29(16-12-19-6-8-20(9-7-19)25-27-14-15-28-25)24(30)5-4-13-26-18-35(31,32)21-10-11-22(33-2)23(17-21)34-3;3-2(4,5)1(6)7/h6-11,17,26H,4-5,12-16,18H2,1-3H3,(H,27,28);(H,6,7). The Bertz CT molecular complexity index is 1330. The van der Waals surface area contributed by atoms with Gasteiger partial charge < -0.3 is 30.1 Å². The van der Waals surface area contributed by atoms with E-state index in [0.717, 1.165) is 36.5 Å². The van der Waals surface area contributed by atoms with Crippen molar-refractivity contribution in [3.63, 3.8) is 0 Å². The number of carbonyl (C=O) groups excluding carboxylic acids is 1. The molecular weight excluding hydrogens is 581 g/mol. The van der Waals surface area contributed by atoms with Crippen LogP contribution >= 0.6 is 0 Å². The zero-order valence-corrected chi connectivity index (χ0v) is 24.3. The first kappa shape index (κ1) is 34.4. The van der Waals surface area contributed by atoms with Crippen LogP contribution in [0.1, 0.15) is 24.0 Å². The van der Waals surface area contributed by atoms with E-state index in [1.165, 1.54) is 26.4 Å². The maximum absolute atomic E-state index is 12.6. The Morgan fingerprint density at radius 3 is 2.29 bits per heavy atom. The van der Waals surface area contributed by atoms with Crippen molar-refractivity contribution >= 4 is 27.5 Å². The fraction of sp³-hybridized carbons (Fsp3) is 0.444. The van der Waals surface area contributed by atoms with Crippen molar-refractivity contribution in [2.45, 2.75) is 30.3 Å². The predicted octanol–water partition coefficient (Wildman–Crippen LogP) is 2.49. The van der Waals surface area contributed by atoms with E-state index >= 15 is 0 Å². The molecule has 3 rings (SSSR count). The molecule has 42 heavy (non-hydrogen) atoms. The second kappa shape index (κ2) is 16.0. The minimum absolute atomic E-state index is 0.0377. The van der Waals surface area contributed by atoms with Crippen molar-refractivity contribution < 1.29 is 45.8 Å². The molecule has 11 nitrogen and oxygen atoms in total. The number of halogens is 3. The van der Waals surface area contributed by atoms with Crippen LogP contribution in [0.3, 0.4) is 0 Å². The second-order valence-corrected chi connectivity index (χ2v) is 11.1. The Hall–Kier alpha value is -3.85. The van der Waals surface area contributed by atoms with Crippen molar-refractivity contribution in [3.8, 4) is 11.5 Å². The van der Waals surface area contributed by atoms with Crippen molar-refractivity contribution in [1.82, 2.24) is 15.5 Å². The molecule has 0 radical (unpaired) electrons. The van der Waals surface area contributed by atoms with Crippen LogP contribution in [0.2, 0.25) is 0 Å². The molecule has 0 spiro atoms. The number of nitrogens with zero attached hydrogens (tertiary/aromatic N) is 2. The lowest BCUT2D eigenvalue weighted by Gasteiger charge is -2.17. The quantitative estimate of drug-likeness (QED) is 0.289. The number of hydrogen-bond acceptors (Lipinski definition) is 9. The Labute approximate surface area is 242 Å². The number of aliphatic imine (C=N–C) groups is 1. The molecule has 2 aromatic rings. The van der Waals surface area contributed by atoms with Crippen LogP contribution in [0.25, 0.3) is 0 Å². The molecular formula is C27H35F3N4O7S. The van der Waals surface area contributed by atoms with Gasteiger partial charge in [0.2, 0.25) is 5.91 Å². The van der Waals surface area contributed by atoms with E-state index in [4.69, 9.17) is 19.4 Å². The summed E-state index contributed by atoms with van der Waals surface area (Å²) in [6.07, 6.45) is -3.41. The van der Waals surface area contributed by atoms with Crippen molar-refractivity contribution in [2.75, 3.05) is 53.3 Å². The smallest absolute Gasteiger partial charge is 0.490 e. The normalized spacial score (nSPS) is 12.9. The van der Waals surface area contributed by atoms with Gasteiger partial charge in [-0.15, -0.1) is 0 Å². The maximum Gasteiger partial charge on any atom is 0.490 e. The first-order chi connectivity index (χ1) is 19.8. The molecule has 15 heteroatoms. The van der Waals surface area contributed by atoms with E-state index in [2.05, 4.69) is 39.9 Å². The number of carboxylic acids is 1. The molecule has 1 amide bonds. The number of sulfone groups is 1. The highest BCUT2D eigenvalue weighted by Gasteiger charge is 2.38. The van der Waals surface area contributed by atoms with Gasteiger partial charge >= 0.3 is 12.1 Å². The highest BCUT2D eigenvalue weighted by Crippen LogP contribution is 2.29. The van der Waals surface area contributed by atoms with Crippen LogP contribution in [0, 0.1) is 0 Å². The van der Waals surface area contributed by atoms with Gasteiger partial charge in [-0.05, 0) is 37.1 Å². The molecule has 0 saturated heterocycles. The largest absolute Gasteiger partial charge is 0.493 e. The number of amides is 1. The minimum atomic E-state index is -5.08. The zero-order chi connectivity index (χ0) is 31.3. The number of amidine groups is 1. The molecule has 0 atom stereocenters. The SMILES string of the molecule is COc1ccc(S(=O)(=O)CNCCCC(=O)N(C)CCc2ccc(C3=NCCN3)cc2)cc1OC.O=C(O)C(F)(F)F. The summed E-state index contributed by atoms with van der Waals surface area (Å²) in [5.74, 6) is -1.17. The molecule has 0 saturated carbocycles. The van der Waals surface area contributed by atoms with Crippen molar-refractivity contribution in [2.24, 2.45) is 4.99 Å². The third kappa shape index (κ3) is 10.9. The highest BCUT2D eigenvalue weighted by molar-refractivity contribution is 7.91. The molecule has 0 aromatic heterocycles. The summed E-state index contributed by atoms with van der Waals surface area (Å²) >= 11 is 0. The fourth-order valence-corrected chi connectivity index (χ4v) is 4.84. The number of carbonyl (C=O) groups is 2. The van der Waals surface area contributed by atoms with Crippen molar-refractivity contribution in [1.29, 1.82) is 0 Å². The summed E-state index contributed by atoms with van der Waals surface area (Å²) in [5.41, 5.74) is 2.24. The van der Waals surface area contributed by atoms with E-state index < -0.39 is 22.0 Å². The van der Waals surface area contributed by atoms with Crippen LogP contribution in [-0.4, -0.2) is 95.6 Å². The summed E-state index contributed by atoms with van der Waals surface area (Å²) in [4.78, 5) is 27.6. The summed E-state index contributed by atoms with van der Waals surface area (Å²) in [6.45, 7) is 2.74. The van der Waals surface area contributed by atoms with E-state index in [-0.39, 0.29) is 16.7 Å². The third-order valence-electron chi connectivity index (χ3n) is 6.06. The Kier molecular flexibility index (Phi) is 13.1. The first-order valence-electron chi connectivity index (χ1n) is 12.9. The molecule has 0 fully saturated rings. The molecule has 0 unspecified atom stereocenters. The maximum atomic E-state index is 12.6. The number of methoxy groups -OCH3 is 2. The highest BCUT2D eigenvalue weighted by atomic mass is 32.2. The molecule has 232 valence electrons. The van der Waals surface area contributed by atoms with Crippen LogP contribution in [0.4, 0.5) is 13.2 Å². The van der Waals surface area contributed by atoms with E-state index in [9.17, 15) is 26.4 Å². The van der Waals surface area contributed by atoms with E-state index in [0.29, 0.717) is 37.4 Å². The molecule has 1 aliphatic heterocycles. The molecule has 0 aliphatic carbocycles. The van der Waals surface area contributed by atoms with Gasteiger partial charge in [0.1, 0.15) is 11.7 Å². The number of carboxylic acid groups (broad SMARTS) is 1. The predicted molar refractivity (Wildman–Crippen MR) is 150 cm³/mol. The topological polar surface area (TPSA) is 147 Å². The lowest BCUT2D eigenvalue weighted by Crippen LogP contribution is -2.30. The Morgan fingerprint density at radius 2 is 1.74 bits per heavy atom. The van der Waals surface area contributed by atoms with Gasteiger partial charge in [0, 0.05) is 38.2 Å². The van der Waals surface area contributed by atoms with E-state index in [1.54, 1.807) is 18.0 Å². The Balaban J connectivity index is 0.000000782. The summed E-state index contributed by atoms with van der Waals surface area (Å²) in [7, 11) is 1.21.